The number of hydrogen-bond acceptors (Lipinski definition) is 6. The molecule has 0 aliphatic rings. The molecule has 0 spiro atoms. The number of Topliss-reactive ketones (excluding diaryl/α,β-unsaturated/α-hetero) is 2. The number of rotatable bonds is 10. The van der Waals surface area contributed by atoms with Crippen molar-refractivity contribution in [2.45, 2.75) is 40.0 Å². The Labute approximate surface area is 127 Å². The molecule has 0 heterocycles. The minimum Gasteiger partial charge on any atom is -0.481 e. The molecule has 0 saturated carbocycles. The molecule has 0 rings (SSSR count). The molecule has 8 nitrogen and oxygen atoms in total. The summed E-state index contributed by atoms with van der Waals surface area (Å²) < 4.78 is 4.76. The van der Waals surface area contributed by atoms with E-state index in [0.717, 1.165) is 13.8 Å². The predicted molar refractivity (Wildman–Crippen MR) is 73.0 cm³/mol. The van der Waals surface area contributed by atoms with Crippen LogP contribution in [0.3, 0.4) is 0 Å². The molecule has 1 unspecified atom stereocenters. The van der Waals surface area contributed by atoms with E-state index in [1.807, 2.05) is 0 Å². The van der Waals surface area contributed by atoms with Crippen molar-refractivity contribution in [3.63, 3.8) is 0 Å². The summed E-state index contributed by atoms with van der Waals surface area (Å²) in [7, 11) is 0. The fraction of sp³-hybridized carbons (Fsp3) is 0.643. The molecule has 8 heteroatoms. The Morgan fingerprint density at radius 3 is 1.82 bits per heavy atom. The van der Waals surface area contributed by atoms with Gasteiger partial charge in [-0.3, -0.25) is 24.0 Å². The molecule has 0 aromatic rings. The summed E-state index contributed by atoms with van der Waals surface area (Å²) in [5, 5.41) is 17.7. The lowest BCUT2D eigenvalue weighted by Gasteiger charge is -2.34. The van der Waals surface area contributed by atoms with Crippen LogP contribution in [0.4, 0.5) is 0 Å². The molecule has 0 aliphatic heterocycles. The Hall–Kier alpha value is -2.25. The van der Waals surface area contributed by atoms with E-state index in [1.54, 1.807) is 0 Å². The number of ketones is 2. The largest absolute Gasteiger partial charge is 0.481 e. The molecule has 2 N–H and O–H groups in total. The van der Waals surface area contributed by atoms with Crippen molar-refractivity contribution in [1.29, 1.82) is 0 Å². The van der Waals surface area contributed by atoms with Crippen molar-refractivity contribution in [3.05, 3.63) is 0 Å². The minimum absolute atomic E-state index is 0.0558. The second kappa shape index (κ2) is 8.26. The quantitative estimate of drug-likeness (QED) is 0.443. The Morgan fingerprint density at radius 2 is 1.50 bits per heavy atom. The number of carboxylic acids is 2. The molecule has 124 valence electrons. The molecule has 0 bridgehead atoms. The Kier molecular flexibility index (Phi) is 7.41. The van der Waals surface area contributed by atoms with Crippen molar-refractivity contribution >= 4 is 29.5 Å². The lowest BCUT2D eigenvalue weighted by molar-refractivity contribution is -0.165. The number of ether oxygens (including phenoxy) is 1. The SMILES string of the molecule is CCOC(=O)C(CC(=O)O)C(CCC(=O)O)(C(C)=O)C(C)=O. The van der Waals surface area contributed by atoms with Gasteiger partial charge >= 0.3 is 17.9 Å². The number of carbonyl (C=O) groups is 5. The van der Waals surface area contributed by atoms with Gasteiger partial charge in [0.25, 0.3) is 0 Å². The van der Waals surface area contributed by atoms with Crippen LogP contribution in [0.1, 0.15) is 40.0 Å². The van der Waals surface area contributed by atoms with Gasteiger partial charge in [0.2, 0.25) is 0 Å². The highest BCUT2D eigenvalue weighted by atomic mass is 16.5. The van der Waals surface area contributed by atoms with Gasteiger partial charge in [-0.05, 0) is 27.2 Å². The summed E-state index contributed by atoms with van der Waals surface area (Å²) in [4.78, 5) is 57.9. The molecule has 0 aromatic carbocycles. The van der Waals surface area contributed by atoms with Gasteiger partial charge in [0.15, 0.2) is 0 Å². The first-order valence-corrected chi connectivity index (χ1v) is 6.71. The summed E-state index contributed by atoms with van der Waals surface area (Å²) in [6.07, 6.45) is -1.80. The van der Waals surface area contributed by atoms with E-state index >= 15 is 0 Å². The van der Waals surface area contributed by atoms with Crippen molar-refractivity contribution in [2.24, 2.45) is 11.3 Å². The topological polar surface area (TPSA) is 135 Å². The van der Waals surface area contributed by atoms with E-state index in [-0.39, 0.29) is 6.61 Å². The summed E-state index contributed by atoms with van der Waals surface area (Å²) in [5.41, 5.74) is -2.01. The third-order valence-electron chi connectivity index (χ3n) is 3.53. The van der Waals surface area contributed by atoms with E-state index in [4.69, 9.17) is 14.9 Å². The van der Waals surface area contributed by atoms with Gasteiger partial charge in [-0.2, -0.15) is 0 Å². The van der Waals surface area contributed by atoms with Crippen molar-refractivity contribution in [1.82, 2.24) is 0 Å². The van der Waals surface area contributed by atoms with Crippen molar-refractivity contribution in [3.8, 4) is 0 Å². The molecule has 1 atom stereocenters. The molecule has 0 aromatic heterocycles. The number of esters is 1. The van der Waals surface area contributed by atoms with Gasteiger partial charge in [-0.1, -0.05) is 0 Å². The van der Waals surface area contributed by atoms with E-state index in [1.165, 1.54) is 6.92 Å². The lowest BCUT2D eigenvalue weighted by atomic mass is 9.65. The fourth-order valence-corrected chi connectivity index (χ4v) is 2.45. The molecule has 0 radical (unpaired) electrons. The van der Waals surface area contributed by atoms with Crippen LogP contribution in [0.25, 0.3) is 0 Å². The minimum atomic E-state index is -2.01. The van der Waals surface area contributed by atoms with Gasteiger partial charge in [-0.25, -0.2) is 0 Å². The van der Waals surface area contributed by atoms with Crippen LogP contribution in [0, 0.1) is 11.3 Å². The van der Waals surface area contributed by atoms with E-state index in [0.29, 0.717) is 0 Å². The zero-order chi connectivity index (χ0) is 17.5. The van der Waals surface area contributed by atoms with Gasteiger partial charge in [0, 0.05) is 6.42 Å². The summed E-state index contributed by atoms with van der Waals surface area (Å²) in [6, 6.07) is 0. The van der Waals surface area contributed by atoms with Gasteiger partial charge in [0.1, 0.15) is 17.0 Å². The van der Waals surface area contributed by atoms with Crippen molar-refractivity contribution in [2.75, 3.05) is 6.61 Å². The zero-order valence-electron chi connectivity index (χ0n) is 12.7. The summed E-state index contributed by atoms with van der Waals surface area (Å²) in [5.74, 6) is -6.70. The smallest absolute Gasteiger partial charge is 0.310 e. The third kappa shape index (κ3) is 4.64. The Balaban J connectivity index is 5.94. The van der Waals surface area contributed by atoms with Crippen LogP contribution in [0.15, 0.2) is 0 Å². The third-order valence-corrected chi connectivity index (χ3v) is 3.53. The van der Waals surface area contributed by atoms with Gasteiger partial charge < -0.3 is 14.9 Å². The van der Waals surface area contributed by atoms with Crippen LogP contribution in [0.5, 0.6) is 0 Å². The summed E-state index contributed by atoms with van der Waals surface area (Å²) in [6.45, 7) is 3.52. The number of hydrogen-bond donors (Lipinski definition) is 2. The highest BCUT2D eigenvalue weighted by Gasteiger charge is 2.52. The maximum Gasteiger partial charge on any atom is 0.310 e. The second-order valence-electron chi connectivity index (χ2n) is 4.88. The highest BCUT2D eigenvalue weighted by molar-refractivity contribution is 6.09. The number of aliphatic carboxylic acids is 2. The molecule has 0 saturated heterocycles. The van der Waals surface area contributed by atoms with Gasteiger partial charge in [0.05, 0.1) is 18.9 Å². The maximum atomic E-state index is 12.0. The monoisotopic (exact) mass is 316 g/mol. The van der Waals surface area contributed by atoms with Crippen LogP contribution >= 0.6 is 0 Å². The van der Waals surface area contributed by atoms with Crippen LogP contribution < -0.4 is 0 Å². The van der Waals surface area contributed by atoms with Crippen LogP contribution in [-0.4, -0.2) is 46.3 Å². The predicted octanol–water partition coefficient (Wildman–Crippen LogP) is 0.670. The maximum absolute atomic E-state index is 12.0. The fourth-order valence-electron chi connectivity index (χ4n) is 2.45. The first-order valence-electron chi connectivity index (χ1n) is 6.71. The average Bonchev–Trinajstić information content (AvgIpc) is 2.36. The number of carboxylic acid groups (broad SMARTS) is 2. The molecular weight excluding hydrogens is 296 g/mol. The lowest BCUT2D eigenvalue weighted by Crippen LogP contribution is -2.48. The first-order chi connectivity index (χ1) is 10.1. The Bertz CT molecular complexity index is 465. The summed E-state index contributed by atoms with van der Waals surface area (Å²) >= 11 is 0. The standard InChI is InChI=1S/C14H20O8/c1-4-22-13(21)10(7-12(19)20)14(8(2)15,9(3)16)6-5-11(17)18/h10H,4-7H2,1-3H3,(H,17,18)(H,19,20). The van der Waals surface area contributed by atoms with E-state index in [2.05, 4.69) is 0 Å². The zero-order valence-corrected chi connectivity index (χ0v) is 12.7. The molecule has 0 amide bonds. The van der Waals surface area contributed by atoms with E-state index in [9.17, 15) is 24.0 Å². The van der Waals surface area contributed by atoms with Crippen LogP contribution in [-0.2, 0) is 28.7 Å². The molecule has 0 aliphatic carbocycles. The van der Waals surface area contributed by atoms with Crippen LogP contribution in [0.2, 0.25) is 0 Å². The molecule has 0 fully saturated rings. The van der Waals surface area contributed by atoms with E-state index < -0.39 is 60.1 Å². The molecular formula is C14H20O8. The second-order valence-corrected chi connectivity index (χ2v) is 4.88. The normalized spacial score (nSPS) is 12.3. The van der Waals surface area contributed by atoms with Gasteiger partial charge in [-0.15, -0.1) is 0 Å². The molecule has 22 heavy (non-hydrogen) atoms. The number of carbonyl (C=O) groups excluding carboxylic acids is 3. The average molecular weight is 316 g/mol. The first kappa shape index (κ1) is 19.8. The Morgan fingerprint density at radius 1 is 1.00 bits per heavy atom. The highest BCUT2D eigenvalue weighted by Crippen LogP contribution is 2.38. The van der Waals surface area contributed by atoms with Crippen molar-refractivity contribution < 1.29 is 38.9 Å².